The molecule has 186 valence electrons. The van der Waals surface area contributed by atoms with Crippen molar-refractivity contribution in [2.45, 2.75) is 124 Å². The first kappa shape index (κ1) is 25.0. The minimum Gasteiger partial charge on any atom is -0.390 e. The third kappa shape index (κ3) is 4.02. The summed E-state index contributed by atoms with van der Waals surface area (Å²) in [5.41, 5.74) is 0.889. The van der Waals surface area contributed by atoms with Gasteiger partial charge in [-0.2, -0.15) is 0 Å². The lowest BCUT2D eigenvalue weighted by molar-refractivity contribution is -0.180. The Balaban J connectivity index is 1.46. The van der Waals surface area contributed by atoms with Gasteiger partial charge in [-0.25, -0.2) is 0 Å². The van der Waals surface area contributed by atoms with Gasteiger partial charge in [-0.3, -0.25) is 0 Å². The van der Waals surface area contributed by atoms with Crippen LogP contribution in [0.4, 0.5) is 0 Å². The van der Waals surface area contributed by atoms with E-state index in [0.717, 1.165) is 47.8 Å². The zero-order chi connectivity index (χ0) is 23.3. The van der Waals surface area contributed by atoms with Gasteiger partial charge in [-0.15, -0.1) is 0 Å². The largest absolute Gasteiger partial charge is 0.390 e. The number of aliphatic hydroxyl groups is 1. The van der Waals surface area contributed by atoms with Gasteiger partial charge in [-0.05, 0) is 116 Å². The van der Waals surface area contributed by atoms with Crippen LogP contribution in [0, 0.1) is 58.2 Å². The Labute approximate surface area is 199 Å². The summed E-state index contributed by atoms with van der Waals surface area (Å²) >= 11 is 0. The Bertz CT molecular complexity index is 630. The summed E-state index contributed by atoms with van der Waals surface area (Å²) in [6, 6.07) is 0. The lowest BCUT2D eigenvalue weighted by Crippen LogP contribution is -2.58. The highest BCUT2D eigenvalue weighted by Gasteiger charge is 2.62. The maximum Gasteiger partial charge on any atom is 0.0835 e. The van der Waals surface area contributed by atoms with Gasteiger partial charge in [0.05, 0.1) is 12.2 Å². The smallest absolute Gasteiger partial charge is 0.0835 e. The van der Waals surface area contributed by atoms with Gasteiger partial charge >= 0.3 is 0 Å². The van der Waals surface area contributed by atoms with Gasteiger partial charge < -0.3 is 9.84 Å². The van der Waals surface area contributed by atoms with Crippen molar-refractivity contribution >= 4 is 0 Å². The van der Waals surface area contributed by atoms with E-state index in [-0.39, 0.29) is 12.2 Å². The van der Waals surface area contributed by atoms with Crippen LogP contribution in [0.3, 0.4) is 0 Å². The second-order valence-electron chi connectivity index (χ2n) is 13.6. The Morgan fingerprint density at radius 2 is 1.50 bits per heavy atom. The topological polar surface area (TPSA) is 29.5 Å². The maximum absolute atomic E-state index is 11.1. The summed E-state index contributed by atoms with van der Waals surface area (Å²) in [6.07, 6.45) is 14.7. The second kappa shape index (κ2) is 9.52. The molecule has 0 bridgehead atoms. The monoisotopic (exact) mass is 446 g/mol. The number of hydrogen-bond acceptors (Lipinski definition) is 2. The first-order valence-corrected chi connectivity index (χ1v) is 14.4. The average molecular weight is 447 g/mol. The summed E-state index contributed by atoms with van der Waals surface area (Å²) < 4.78 is 5.67. The van der Waals surface area contributed by atoms with Crippen LogP contribution < -0.4 is 0 Å². The van der Waals surface area contributed by atoms with E-state index >= 15 is 0 Å². The van der Waals surface area contributed by atoms with Crippen molar-refractivity contribution in [1.29, 1.82) is 0 Å². The number of hydrogen-bond donors (Lipinski definition) is 1. The number of rotatable bonds is 7. The van der Waals surface area contributed by atoms with Gasteiger partial charge in [0.1, 0.15) is 0 Å². The van der Waals surface area contributed by atoms with Crippen LogP contribution >= 0.6 is 0 Å². The van der Waals surface area contributed by atoms with E-state index in [1.165, 1.54) is 64.2 Å². The Hall–Kier alpha value is -0.0800. The first-order valence-electron chi connectivity index (χ1n) is 14.4. The van der Waals surface area contributed by atoms with Crippen molar-refractivity contribution in [3.8, 4) is 0 Å². The van der Waals surface area contributed by atoms with Crippen LogP contribution in [-0.2, 0) is 4.74 Å². The fourth-order valence-corrected chi connectivity index (χ4v) is 10.2. The van der Waals surface area contributed by atoms with Gasteiger partial charge in [0.15, 0.2) is 0 Å². The lowest BCUT2D eigenvalue weighted by atomic mass is 9.44. The zero-order valence-corrected chi connectivity index (χ0v) is 22.4. The van der Waals surface area contributed by atoms with Crippen molar-refractivity contribution in [2.75, 3.05) is 7.11 Å². The number of methoxy groups -OCH3 is 1. The molecule has 4 saturated carbocycles. The van der Waals surface area contributed by atoms with Crippen molar-refractivity contribution in [2.24, 2.45) is 58.2 Å². The van der Waals surface area contributed by atoms with E-state index < -0.39 is 0 Å². The molecule has 4 aliphatic carbocycles. The standard InChI is InChI=1S/C30H54O2/c1-8-21(19(2)3)10-9-20(4)23-13-14-24-22-11-12-26-28(31)27(32-7)16-18-30(26,6)25(22)15-17-29(23,24)5/h19-28,31H,8-18H2,1-7H3/t20-,21+,22+,23-,24+,25+,26?,27+,28-,29-,30-/m1/s1. The summed E-state index contributed by atoms with van der Waals surface area (Å²) in [7, 11) is 1.79. The molecule has 0 aliphatic heterocycles. The molecule has 1 unspecified atom stereocenters. The molecule has 0 aromatic carbocycles. The SMILES string of the molecule is CC[C@@H](CC[C@@H](C)[C@H]1CC[C@H]2[C@@H]3CCC4[C@@H](O)[C@@H](OC)CC[C@]4(C)[C@H]3CC[C@]12C)C(C)C. The van der Waals surface area contributed by atoms with E-state index in [4.69, 9.17) is 4.74 Å². The second-order valence-corrected chi connectivity index (χ2v) is 13.6. The molecule has 11 atom stereocenters. The molecule has 0 aromatic rings. The van der Waals surface area contributed by atoms with E-state index in [0.29, 0.717) is 16.7 Å². The molecule has 0 saturated heterocycles. The van der Waals surface area contributed by atoms with Crippen LogP contribution in [0.1, 0.15) is 112 Å². The molecule has 4 rings (SSSR count). The fraction of sp³-hybridized carbons (Fsp3) is 1.00. The first-order chi connectivity index (χ1) is 15.2. The highest BCUT2D eigenvalue weighted by molar-refractivity contribution is 5.11. The van der Waals surface area contributed by atoms with Crippen LogP contribution in [0.5, 0.6) is 0 Å². The molecule has 0 aromatic heterocycles. The predicted octanol–water partition coefficient (Wildman–Crippen LogP) is 7.73. The van der Waals surface area contributed by atoms with Gasteiger partial charge in [0.2, 0.25) is 0 Å². The van der Waals surface area contributed by atoms with Crippen molar-refractivity contribution in [3.63, 3.8) is 0 Å². The average Bonchev–Trinajstić information content (AvgIpc) is 3.11. The highest BCUT2D eigenvalue weighted by Crippen LogP contribution is 2.68. The Morgan fingerprint density at radius 1 is 0.844 bits per heavy atom. The molecule has 1 N–H and O–H groups in total. The normalized spacial score (nSPS) is 48.1. The van der Waals surface area contributed by atoms with E-state index in [1.54, 1.807) is 7.11 Å². The van der Waals surface area contributed by atoms with Crippen LogP contribution in [-0.4, -0.2) is 24.4 Å². The molecule has 0 spiro atoms. The molecule has 0 heterocycles. The molecule has 2 nitrogen and oxygen atoms in total. The minimum atomic E-state index is -0.253. The summed E-state index contributed by atoms with van der Waals surface area (Å²) in [4.78, 5) is 0. The summed E-state index contributed by atoms with van der Waals surface area (Å²) in [6.45, 7) is 15.1. The van der Waals surface area contributed by atoms with E-state index in [2.05, 4.69) is 41.5 Å². The molecule has 32 heavy (non-hydrogen) atoms. The summed E-state index contributed by atoms with van der Waals surface area (Å²) in [5.74, 6) is 6.64. The van der Waals surface area contributed by atoms with Crippen LogP contribution in [0.15, 0.2) is 0 Å². The quantitative estimate of drug-likeness (QED) is 0.433. The third-order valence-corrected chi connectivity index (χ3v) is 12.2. The lowest BCUT2D eigenvalue weighted by Gasteiger charge is -2.62. The van der Waals surface area contributed by atoms with E-state index in [9.17, 15) is 5.11 Å². The van der Waals surface area contributed by atoms with Crippen LogP contribution in [0.2, 0.25) is 0 Å². The van der Waals surface area contributed by atoms with Crippen molar-refractivity contribution < 1.29 is 9.84 Å². The predicted molar refractivity (Wildman–Crippen MR) is 134 cm³/mol. The summed E-state index contributed by atoms with van der Waals surface area (Å²) in [5, 5.41) is 11.1. The molecule has 0 amide bonds. The highest BCUT2D eigenvalue weighted by atomic mass is 16.5. The number of aliphatic hydroxyl groups excluding tert-OH is 1. The molecule has 2 heteroatoms. The van der Waals surface area contributed by atoms with Gasteiger partial charge in [-0.1, -0.05) is 54.4 Å². The molecule has 4 fully saturated rings. The van der Waals surface area contributed by atoms with E-state index in [1.807, 2.05) is 0 Å². The third-order valence-electron chi connectivity index (χ3n) is 12.2. The zero-order valence-electron chi connectivity index (χ0n) is 22.4. The van der Waals surface area contributed by atoms with Crippen molar-refractivity contribution in [1.82, 2.24) is 0 Å². The Kier molecular flexibility index (Phi) is 7.45. The van der Waals surface area contributed by atoms with Gasteiger partial charge in [0.25, 0.3) is 0 Å². The fourth-order valence-electron chi connectivity index (χ4n) is 10.2. The van der Waals surface area contributed by atoms with Crippen molar-refractivity contribution in [3.05, 3.63) is 0 Å². The number of fused-ring (bicyclic) bond motifs is 5. The molecule has 0 radical (unpaired) electrons. The maximum atomic E-state index is 11.1. The van der Waals surface area contributed by atoms with Crippen LogP contribution in [0.25, 0.3) is 0 Å². The molecular weight excluding hydrogens is 392 g/mol. The van der Waals surface area contributed by atoms with Gasteiger partial charge in [0, 0.05) is 7.11 Å². The molecular formula is C30H54O2. The number of ether oxygens (including phenoxy) is 1. The molecule has 4 aliphatic rings. The Morgan fingerprint density at radius 3 is 2.16 bits per heavy atom. The minimum absolute atomic E-state index is 0.0629.